The number of rotatable bonds is 6. The van der Waals surface area contributed by atoms with Crippen LogP contribution in [0.1, 0.15) is 67.2 Å². The molecule has 1 heterocycles. The fourth-order valence-corrected chi connectivity index (χ4v) is 2.39. The van der Waals surface area contributed by atoms with Gasteiger partial charge in [-0.1, -0.05) is 41.5 Å². The Kier molecular flexibility index (Phi) is 4.89. The lowest BCUT2D eigenvalue weighted by Gasteiger charge is -2.37. The van der Waals surface area contributed by atoms with Crippen molar-refractivity contribution in [3.63, 3.8) is 0 Å². The van der Waals surface area contributed by atoms with E-state index in [9.17, 15) is 0 Å². The van der Waals surface area contributed by atoms with Crippen LogP contribution in [-0.2, 0) is 0 Å². The van der Waals surface area contributed by atoms with Crippen molar-refractivity contribution >= 4 is 0 Å². The van der Waals surface area contributed by atoms with Crippen LogP contribution >= 0.6 is 0 Å². The third-order valence-electron chi connectivity index (χ3n) is 5.20. The van der Waals surface area contributed by atoms with E-state index in [2.05, 4.69) is 64.7 Å². The Balaban J connectivity index is 3.06. The van der Waals surface area contributed by atoms with Gasteiger partial charge in [-0.05, 0) is 42.7 Å². The lowest BCUT2D eigenvalue weighted by Crippen LogP contribution is -2.39. The van der Waals surface area contributed by atoms with Crippen LogP contribution < -0.4 is 10.9 Å². The molecule has 0 saturated carbocycles. The minimum atomic E-state index is 0.245. The Bertz CT molecular complexity index is 331. The van der Waals surface area contributed by atoms with Gasteiger partial charge < -0.3 is 10.9 Å². The summed E-state index contributed by atoms with van der Waals surface area (Å²) in [4.78, 5) is 0. The van der Waals surface area contributed by atoms with Crippen LogP contribution in [0.5, 0.6) is 0 Å². The van der Waals surface area contributed by atoms with Crippen molar-refractivity contribution < 1.29 is 0 Å². The summed E-state index contributed by atoms with van der Waals surface area (Å²) in [6.45, 7) is 13.8. The molecule has 0 fully saturated rings. The highest BCUT2D eigenvalue weighted by Gasteiger charge is 2.30. The molecular weight excluding hydrogens is 220 g/mol. The van der Waals surface area contributed by atoms with Crippen molar-refractivity contribution in [2.75, 3.05) is 0 Å². The van der Waals surface area contributed by atoms with Crippen LogP contribution in [-0.4, -0.2) is 0 Å². The Hall–Kier alpha value is -0.920. The highest BCUT2D eigenvalue weighted by molar-refractivity contribution is 5.33. The quantitative estimate of drug-likeness (QED) is 0.724. The summed E-state index contributed by atoms with van der Waals surface area (Å²) in [5.74, 6) is 0. The van der Waals surface area contributed by atoms with Gasteiger partial charge in [0.25, 0.3) is 0 Å². The predicted octanol–water partition coefficient (Wildman–Crippen LogP) is 4.51. The molecule has 1 aliphatic heterocycles. The molecule has 0 amide bonds. The summed E-state index contributed by atoms with van der Waals surface area (Å²) in [7, 11) is 0. The molecule has 0 aromatic carbocycles. The lowest BCUT2D eigenvalue weighted by atomic mass is 9.74. The maximum Gasteiger partial charge on any atom is 0.0376 e. The smallest absolute Gasteiger partial charge is 0.0376 e. The zero-order valence-electron chi connectivity index (χ0n) is 13.0. The van der Waals surface area contributed by atoms with Crippen molar-refractivity contribution in [2.45, 2.75) is 67.2 Å². The first-order chi connectivity index (χ1) is 8.45. The van der Waals surface area contributed by atoms with Crippen LogP contribution in [0, 0.1) is 10.8 Å². The van der Waals surface area contributed by atoms with E-state index in [4.69, 9.17) is 0 Å². The molecule has 2 N–H and O–H groups in total. The zero-order chi connectivity index (χ0) is 13.8. The average Bonchev–Trinajstić information content (AvgIpc) is 2.45. The van der Waals surface area contributed by atoms with Crippen LogP contribution in [0.3, 0.4) is 0 Å². The van der Waals surface area contributed by atoms with E-state index in [0.717, 1.165) is 12.8 Å². The molecule has 18 heavy (non-hydrogen) atoms. The predicted molar refractivity (Wildman–Crippen MR) is 79.8 cm³/mol. The summed E-state index contributed by atoms with van der Waals surface area (Å²) in [6.07, 6.45) is 9.17. The molecule has 0 spiro atoms. The van der Waals surface area contributed by atoms with Gasteiger partial charge in [-0.2, -0.15) is 0 Å². The average molecular weight is 250 g/mol. The molecule has 2 heteroatoms. The topological polar surface area (TPSA) is 24.1 Å². The first-order valence-electron chi connectivity index (χ1n) is 7.40. The van der Waals surface area contributed by atoms with Gasteiger partial charge in [0.1, 0.15) is 0 Å². The third kappa shape index (κ3) is 2.73. The van der Waals surface area contributed by atoms with Gasteiger partial charge in [0.15, 0.2) is 0 Å². The van der Waals surface area contributed by atoms with Gasteiger partial charge in [-0.3, -0.25) is 0 Å². The van der Waals surface area contributed by atoms with Crippen molar-refractivity contribution in [3.05, 3.63) is 23.5 Å². The second-order valence-corrected chi connectivity index (χ2v) is 5.96. The first-order valence-corrected chi connectivity index (χ1v) is 7.40. The van der Waals surface area contributed by atoms with Crippen molar-refractivity contribution in [2.24, 2.45) is 10.8 Å². The Labute approximate surface area is 113 Å². The van der Waals surface area contributed by atoms with Gasteiger partial charge in [0, 0.05) is 17.3 Å². The summed E-state index contributed by atoms with van der Waals surface area (Å²) < 4.78 is 0. The SMILES string of the molecule is CCC(C)(CC)C1=CNNC(C(C)(CC)CC)=C1. The van der Waals surface area contributed by atoms with E-state index in [0.29, 0.717) is 0 Å². The molecule has 0 bridgehead atoms. The molecular formula is C16H30N2. The van der Waals surface area contributed by atoms with Gasteiger partial charge in [0.2, 0.25) is 0 Å². The fraction of sp³-hybridized carbons (Fsp3) is 0.750. The van der Waals surface area contributed by atoms with Gasteiger partial charge in [0.05, 0.1) is 0 Å². The van der Waals surface area contributed by atoms with Crippen molar-refractivity contribution in [1.82, 2.24) is 10.9 Å². The molecule has 0 unspecified atom stereocenters. The lowest BCUT2D eigenvalue weighted by molar-refractivity contribution is 0.322. The van der Waals surface area contributed by atoms with Crippen LogP contribution in [0.25, 0.3) is 0 Å². The number of hydrazine groups is 1. The Morgan fingerprint density at radius 1 is 0.889 bits per heavy atom. The van der Waals surface area contributed by atoms with Gasteiger partial charge >= 0.3 is 0 Å². The minimum absolute atomic E-state index is 0.245. The molecule has 0 aromatic rings. The van der Waals surface area contributed by atoms with E-state index in [-0.39, 0.29) is 10.8 Å². The number of hydrogen-bond donors (Lipinski definition) is 2. The zero-order valence-corrected chi connectivity index (χ0v) is 13.0. The summed E-state index contributed by atoms with van der Waals surface area (Å²) in [5.41, 5.74) is 9.88. The Morgan fingerprint density at radius 3 is 1.83 bits per heavy atom. The van der Waals surface area contributed by atoms with Crippen LogP contribution in [0.2, 0.25) is 0 Å². The van der Waals surface area contributed by atoms with E-state index in [1.54, 1.807) is 0 Å². The summed E-state index contributed by atoms with van der Waals surface area (Å²) >= 11 is 0. The molecule has 0 aromatic heterocycles. The van der Waals surface area contributed by atoms with Crippen molar-refractivity contribution in [1.29, 1.82) is 0 Å². The highest BCUT2D eigenvalue weighted by Crippen LogP contribution is 2.40. The monoisotopic (exact) mass is 250 g/mol. The normalized spacial score (nSPS) is 16.6. The standard InChI is InChI=1S/C16H30N2/c1-7-15(5,8-2)13-11-14(18-17-12-13)16(6,9-3)10-4/h11-12,17-18H,7-10H2,1-6H3. The fourth-order valence-electron chi connectivity index (χ4n) is 2.39. The number of nitrogens with one attached hydrogen (secondary N) is 2. The second-order valence-electron chi connectivity index (χ2n) is 5.96. The molecule has 0 saturated heterocycles. The maximum atomic E-state index is 3.35. The molecule has 0 aliphatic carbocycles. The molecule has 1 rings (SSSR count). The highest BCUT2D eigenvalue weighted by atomic mass is 15.4. The second kappa shape index (κ2) is 5.81. The minimum Gasteiger partial charge on any atom is -0.308 e. The van der Waals surface area contributed by atoms with E-state index in [1.807, 2.05) is 0 Å². The molecule has 0 radical (unpaired) electrons. The largest absolute Gasteiger partial charge is 0.308 e. The molecule has 0 atom stereocenters. The van der Waals surface area contributed by atoms with E-state index < -0.39 is 0 Å². The number of hydrogen-bond acceptors (Lipinski definition) is 2. The van der Waals surface area contributed by atoms with Gasteiger partial charge in [-0.25, -0.2) is 0 Å². The maximum absolute atomic E-state index is 3.35. The number of allylic oxidation sites excluding steroid dienone is 3. The Morgan fingerprint density at radius 2 is 1.39 bits per heavy atom. The van der Waals surface area contributed by atoms with E-state index >= 15 is 0 Å². The molecule has 104 valence electrons. The summed E-state index contributed by atoms with van der Waals surface area (Å²) in [5, 5.41) is 0. The van der Waals surface area contributed by atoms with E-state index in [1.165, 1.54) is 24.1 Å². The van der Waals surface area contributed by atoms with Crippen LogP contribution in [0.4, 0.5) is 0 Å². The van der Waals surface area contributed by atoms with Gasteiger partial charge in [-0.15, -0.1) is 0 Å². The van der Waals surface area contributed by atoms with Crippen LogP contribution in [0.15, 0.2) is 23.5 Å². The van der Waals surface area contributed by atoms with Crippen molar-refractivity contribution in [3.8, 4) is 0 Å². The summed E-state index contributed by atoms with van der Waals surface area (Å²) in [6, 6.07) is 0. The molecule has 2 nitrogen and oxygen atoms in total. The molecule has 1 aliphatic rings. The third-order valence-corrected chi connectivity index (χ3v) is 5.20. The first kappa shape index (κ1) is 15.1.